The third-order valence-corrected chi connectivity index (χ3v) is 3.48. The molecule has 0 radical (unpaired) electrons. The van der Waals surface area contributed by atoms with Crippen molar-refractivity contribution in [3.05, 3.63) is 84.8 Å². The quantitative estimate of drug-likeness (QED) is 0.652. The molecular weight excluding hydrogens is 302 g/mol. The zero-order chi connectivity index (χ0) is 16.8. The predicted molar refractivity (Wildman–Crippen MR) is 91.1 cm³/mol. The van der Waals surface area contributed by atoms with E-state index < -0.39 is 0 Å². The first-order valence-electron chi connectivity index (χ1n) is 7.61. The highest BCUT2D eigenvalue weighted by molar-refractivity contribution is 5.94. The van der Waals surface area contributed by atoms with Crippen LogP contribution in [0, 0.1) is 0 Å². The van der Waals surface area contributed by atoms with Crippen molar-refractivity contribution in [1.82, 2.24) is 15.0 Å². The van der Waals surface area contributed by atoms with Gasteiger partial charge < -0.3 is 9.42 Å². The van der Waals surface area contributed by atoms with Gasteiger partial charge >= 0.3 is 0 Å². The molecule has 0 spiro atoms. The first-order chi connectivity index (χ1) is 11.8. The van der Waals surface area contributed by atoms with Crippen molar-refractivity contribution in [2.75, 3.05) is 6.54 Å². The van der Waals surface area contributed by atoms with E-state index in [0.29, 0.717) is 23.8 Å². The minimum absolute atomic E-state index is 0.102. The van der Waals surface area contributed by atoms with E-state index in [4.69, 9.17) is 4.52 Å². The third kappa shape index (κ3) is 3.57. The van der Waals surface area contributed by atoms with Gasteiger partial charge in [0, 0.05) is 17.7 Å². The molecular formula is C19H17N3O2. The lowest BCUT2D eigenvalue weighted by Gasteiger charge is -2.19. The van der Waals surface area contributed by atoms with Crippen LogP contribution in [0.25, 0.3) is 11.4 Å². The van der Waals surface area contributed by atoms with Crippen LogP contribution in [-0.2, 0) is 6.54 Å². The maximum absolute atomic E-state index is 12.6. The van der Waals surface area contributed by atoms with Gasteiger partial charge in [-0.1, -0.05) is 59.8 Å². The Labute approximate surface area is 140 Å². The molecule has 1 amide bonds. The minimum atomic E-state index is -0.102. The topological polar surface area (TPSA) is 59.2 Å². The van der Waals surface area contributed by atoms with Crippen molar-refractivity contribution in [3.63, 3.8) is 0 Å². The van der Waals surface area contributed by atoms with Crippen molar-refractivity contribution < 1.29 is 9.32 Å². The molecule has 1 aromatic heterocycles. The second kappa shape index (κ2) is 7.37. The summed E-state index contributed by atoms with van der Waals surface area (Å²) in [7, 11) is 0. The molecule has 0 saturated carbocycles. The van der Waals surface area contributed by atoms with E-state index in [0.717, 1.165) is 5.56 Å². The highest BCUT2D eigenvalue weighted by Crippen LogP contribution is 2.16. The number of nitrogens with zero attached hydrogens (tertiary/aromatic N) is 3. The summed E-state index contributed by atoms with van der Waals surface area (Å²) >= 11 is 0. The first kappa shape index (κ1) is 15.7. The van der Waals surface area contributed by atoms with E-state index in [2.05, 4.69) is 16.7 Å². The Kier molecular flexibility index (Phi) is 4.81. The molecule has 1 heterocycles. The second-order valence-corrected chi connectivity index (χ2v) is 5.22. The molecule has 3 aromatic rings. The maximum Gasteiger partial charge on any atom is 0.254 e. The van der Waals surface area contributed by atoms with Crippen molar-refractivity contribution in [2.45, 2.75) is 6.54 Å². The van der Waals surface area contributed by atoms with Gasteiger partial charge in [-0.25, -0.2) is 0 Å². The van der Waals surface area contributed by atoms with Gasteiger partial charge in [0.1, 0.15) is 6.54 Å². The van der Waals surface area contributed by atoms with Gasteiger partial charge in [0.2, 0.25) is 11.7 Å². The molecule has 0 saturated heterocycles. The van der Waals surface area contributed by atoms with Gasteiger partial charge in [0.05, 0.1) is 0 Å². The monoisotopic (exact) mass is 319 g/mol. The number of carbonyl (C=O) groups excluding carboxylic acids is 1. The number of benzene rings is 2. The van der Waals surface area contributed by atoms with Crippen LogP contribution < -0.4 is 0 Å². The van der Waals surface area contributed by atoms with Crippen molar-refractivity contribution in [1.29, 1.82) is 0 Å². The lowest BCUT2D eigenvalue weighted by Crippen LogP contribution is -2.30. The molecule has 0 aliphatic heterocycles. The van der Waals surface area contributed by atoms with Crippen LogP contribution in [0.2, 0.25) is 0 Å². The summed E-state index contributed by atoms with van der Waals surface area (Å²) in [6.45, 7) is 4.35. The zero-order valence-corrected chi connectivity index (χ0v) is 13.1. The van der Waals surface area contributed by atoms with E-state index in [-0.39, 0.29) is 12.5 Å². The standard InChI is InChI=1S/C19H17N3O2/c1-2-13-22(19(23)16-11-7-4-8-12-16)14-17-20-18(21-24-17)15-9-5-3-6-10-15/h2-12H,1,13-14H2. The molecule has 0 aliphatic rings. The molecule has 0 aliphatic carbocycles. The van der Waals surface area contributed by atoms with Crippen molar-refractivity contribution >= 4 is 5.91 Å². The summed E-state index contributed by atoms with van der Waals surface area (Å²) < 4.78 is 5.29. The normalized spacial score (nSPS) is 10.3. The number of rotatable bonds is 6. The average molecular weight is 319 g/mol. The second-order valence-electron chi connectivity index (χ2n) is 5.22. The molecule has 120 valence electrons. The molecule has 2 aromatic carbocycles. The Morgan fingerprint density at radius 3 is 2.42 bits per heavy atom. The fraction of sp³-hybridized carbons (Fsp3) is 0.105. The van der Waals surface area contributed by atoms with Crippen LogP contribution in [0.4, 0.5) is 0 Å². The summed E-state index contributed by atoms with van der Waals surface area (Å²) in [6, 6.07) is 18.7. The number of amides is 1. The fourth-order valence-corrected chi connectivity index (χ4v) is 2.33. The Morgan fingerprint density at radius 1 is 1.08 bits per heavy atom. The molecule has 0 fully saturated rings. The Morgan fingerprint density at radius 2 is 1.75 bits per heavy atom. The predicted octanol–water partition coefficient (Wildman–Crippen LogP) is 3.57. The molecule has 0 bridgehead atoms. The number of aromatic nitrogens is 2. The van der Waals surface area contributed by atoms with Gasteiger partial charge in [-0.2, -0.15) is 4.98 Å². The molecule has 5 nitrogen and oxygen atoms in total. The summed E-state index contributed by atoms with van der Waals surface area (Å²) in [5.74, 6) is 0.797. The first-order valence-corrected chi connectivity index (χ1v) is 7.61. The van der Waals surface area contributed by atoms with Gasteiger partial charge in [0.15, 0.2) is 0 Å². The molecule has 0 atom stereocenters. The van der Waals surface area contributed by atoms with E-state index in [1.807, 2.05) is 48.5 Å². The van der Waals surface area contributed by atoms with Crippen LogP contribution in [-0.4, -0.2) is 27.5 Å². The lowest BCUT2D eigenvalue weighted by atomic mass is 10.2. The van der Waals surface area contributed by atoms with Crippen LogP contribution in [0.15, 0.2) is 77.8 Å². The third-order valence-electron chi connectivity index (χ3n) is 3.48. The maximum atomic E-state index is 12.6. The number of hydrogen-bond acceptors (Lipinski definition) is 4. The summed E-state index contributed by atoms with van der Waals surface area (Å²) in [5.41, 5.74) is 1.49. The van der Waals surface area contributed by atoms with Gasteiger partial charge in [0.25, 0.3) is 5.91 Å². The van der Waals surface area contributed by atoms with Gasteiger partial charge in [-0.05, 0) is 12.1 Å². The van der Waals surface area contributed by atoms with Crippen LogP contribution in [0.3, 0.4) is 0 Å². The smallest absolute Gasteiger partial charge is 0.254 e. The molecule has 0 N–H and O–H groups in total. The SMILES string of the molecule is C=CCN(Cc1nc(-c2ccccc2)no1)C(=O)c1ccccc1. The number of hydrogen-bond donors (Lipinski definition) is 0. The number of carbonyl (C=O) groups is 1. The molecule has 0 unspecified atom stereocenters. The van der Waals surface area contributed by atoms with Crippen molar-refractivity contribution in [2.24, 2.45) is 0 Å². The highest BCUT2D eigenvalue weighted by Gasteiger charge is 2.18. The van der Waals surface area contributed by atoms with E-state index in [9.17, 15) is 4.79 Å². The van der Waals surface area contributed by atoms with E-state index >= 15 is 0 Å². The average Bonchev–Trinajstić information content (AvgIpc) is 3.11. The molecule has 24 heavy (non-hydrogen) atoms. The summed E-state index contributed by atoms with van der Waals surface area (Å²) in [5, 5.41) is 3.98. The lowest BCUT2D eigenvalue weighted by molar-refractivity contribution is 0.0745. The van der Waals surface area contributed by atoms with Crippen LogP contribution in [0.5, 0.6) is 0 Å². The van der Waals surface area contributed by atoms with E-state index in [1.165, 1.54) is 0 Å². The Hall–Kier alpha value is -3.21. The summed E-state index contributed by atoms with van der Waals surface area (Å²) in [6.07, 6.45) is 1.68. The molecule has 5 heteroatoms. The minimum Gasteiger partial charge on any atom is -0.337 e. The van der Waals surface area contributed by atoms with Gasteiger partial charge in [-0.3, -0.25) is 4.79 Å². The Bertz CT molecular complexity index is 813. The fourth-order valence-electron chi connectivity index (χ4n) is 2.33. The molecule has 3 rings (SSSR count). The van der Waals surface area contributed by atoms with Crippen molar-refractivity contribution in [3.8, 4) is 11.4 Å². The zero-order valence-electron chi connectivity index (χ0n) is 13.1. The largest absolute Gasteiger partial charge is 0.337 e. The Balaban J connectivity index is 1.78. The van der Waals surface area contributed by atoms with Gasteiger partial charge in [-0.15, -0.1) is 6.58 Å². The van der Waals surface area contributed by atoms with Crippen LogP contribution >= 0.6 is 0 Å². The van der Waals surface area contributed by atoms with E-state index in [1.54, 1.807) is 23.1 Å². The highest BCUT2D eigenvalue weighted by atomic mass is 16.5. The van der Waals surface area contributed by atoms with Crippen LogP contribution in [0.1, 0.15) is 16.2 Å². The summed E-state index contributed by atoms with van der Waals surface area (Å²) in [4.78, 5) is 18.6.